The summed E-state index contributed by atoms with van der Waals surface area (Å²) in [6.45, 7) is 3.79. The standard InChI is InChI=1S/C10H11FO2/c1-8(13-7-6-12)9-2-4-10(11)5-3-9/h2-5,12H,1,6-7H2. The molecule has 70 valence electrons. The summed E-state index contributed by atoms with van der Waals surface area (Å²) < 4.78 is 17.5. The van der Waals surface area contributed by atoms with Crippen LogP contribution in [0.5, 0.6) is 0 Å². The van der Waals surface area contributed by atoms with Gasteiger partial charge in [-0.3, -0.25) is 0 Å². The van der Waals surface area contributed by atoms with Gasteiger partial charge in [0.15, 0.2) is 0 Å². The summed E-state index contributed by atoms with van der Waals surface area (Å²) in [6, 6.07) is 5.83. The SMILES string of the molecule is C=C(OCCO)c1ccc(F)cc1. The van der Waals surface area contributed by atoms with Crippen LogP contribution < -0.4 is 0 Å². The summed E-state index contributed by atoms with van der Waals surface area (Å²) in [5.41, 5.74) is 0.717. The van der Waals surface area contributed by atoms with Gasteiger partial charge >= 0.3 is 0 Å². The van der Waals surface area contributed by atoms with Gasteiger partial charge in [0.1, 0.15) is 18.2 Å². The molecule has 0 heterocycles. The van der Waals surface area contributed by atoms with Crippen LogP contribution in [0.4, 0.5) is 4.39 Å². The maximum Gasteiger partial charge on any atom is 0.123 e. The first-order chi connectivity index (χ1) is 6.24. The van der Waals surface area contributed by atoms with E-state index in [-0.39, 0.29) is 19.0 Å². The Bertz CT molecular complexity index is 279. The number of hydrogen-bond donors (Lipinski definition) is 1. The van der Waals surface area contributed by atoms with E-state index in [1.165, 1.54) is 12.1 Å². The lowest BCUT2D eigenvalue weighted by molar-refractivity contribution is 0.181. The highest BCUT2D eigenvalue weighted by molar-refractivity contribution is 5.56. The average molecular weight is 182 g/mol. The Morgan fingerprint density at radius 3 is 2.54 bits per heavy atom. The fourth-order valence-corrected chi connectivity index (χ4v) is 0.888. The minimum atomic E-state index is -0.293. The predicted octanol–water partition coefficient (Wildman–Crippen LogP) is 1.81. The minimum Gasteiger partial charge on any atom is -0.491 e. The van der Waals surface area contributed by atoms with E-state index < -0.39 is 0 Å². The molecule has 0 atom stereocenters. The molecular formula is C10H11FO2. The van der Waals surface area contributed by atoms with Gasteiger partial charge < -0.3 is 9.84 Å². The topological polar surface area (TPSA) is 29.5 Å². The summed E-state index contributed by atoms with van der Waals surface area (Å²) in [5, 5.41) is 8.48. The van der Waals surface area contributed by atoms with Crippen LogP contribution in [0.25, 0.3) is 5.76 Å². The zero-order valence-corrected chi connectivity index (χ0v) is 7.16. The van der Waals surface area contributed by atoms with Crippen LogP contribution in [0.15, 0.2) is 30.8 Å². The Hall–Kier alpha value is -1.35. The normalized spacial score (nSPS) is 9.69. The van der Waals surface area contributed by atoms with Crippen molar-refractivity contribution in [3.8, 4) is 0 Å². The Labute approximate surface area is 76.3 Å². The first kappa shape index (κ1) is 9.74. The molecule has 0 aliphatic carbocycles. The summed E-state index contributed by atoms with van der Waals surface area (Å²) in [5.74, 6) is 0.146. The van der Waals surface area contributed by atoms with Crippen LogP contribution in [0, 0.1) is 5.82 Å². The molecule has 0 amide bonds. The van der Waals surface area contributed by atoms with E-state index in [1.54, 1.807) is 12.1 Å². The molecule has 0 radical (unpaired) electrons. The monoisotopic (exact) mass is 182 g/mol. The van der Waals surface area contributed by atoms with E-state index >= 15 is 0 Å². The molecular weight excluding hydrogens is 171 g/mol. The van der Waals surface area contributed by atoms with E-state index in [1.807, 2.05) is 0 Å². The van der Waals surface area contributed by atoms with Crippen molar-refractivity contribution in [2.75, 3.05) is 13.2 Å². The quantitative estimate of drug-likeness (QED) is 0.719. The fraction of sp³-hybridized carbons (Fsp3) is 0.200. The van der Waals surface area contributed by atoms with Crippen molar-refractivity contribution >= 4 is 5.76 Å². The zero-order chi connectivity index (χ0) is 9.68. The highest BCUT2D eigenvalue weighted by atomic mass is 19.1. The number of aliphatic hydroxyl groups is 1. The molecule has 1 rings (SSSR count). The van der Waals surface area contributed by atoms with Crippen LogP contribution in [-0.2, 0) is 4.74 Å². The largest absolute Gasteiger partial charge is 0.491 e. The number of halogens is 1. The molecule has 0 aromatic heterocycles. The molecule has 3 heteroatoms. The van der Waals surface area contributed by atoms with Crippen molar-refractivity contribution in [1.29, 1.82) is 0 Å². The molecule has 0 aliphatic rings. The van der Waals surface area contributed by atoms with Crippen molar-refractivity contribution in [2.45, 2.75) is 0 Å². The van der Waals surface area contributed by atoms with Gasteiger partial charge in [-0.2, -0.15) is 0 Å². The summed E-state index contributed by atoms with van der Waals surface area (Å²) in [7, 11) is 0. The van der Waals surface area contributed by atoms with Gasteiger partial charge in [-0.25, -0.2) is 4.39 Å². The number of rotatable bonds is 4. The van der Waals surface area contributed by atoms with Crippen molar-refractivity contribution in [3.05, 3.63) is 42.2 Å². The Morgan fingerprint density at radius 2 is 2.00 bits per heavy atom. The molecule has 0 fully saturated rings. The lowest BCUT2D eigenvalue weighted by atomic mass is 10.2. The Morgan fingerprint density at radius 1 is 1.38 bits per heavy atom. The minimum absolute atomic E-state index is 0.0553. The molecule has 1 aromatic carbocycles. The van der Waals surface area contributed by atoms with E-state index in [4.69, 9.17) is 9.84 Å². The summed E-state index contributed by atoms with van der Waals surface area (Å²) in [4.78, 5) is 0. The fourth-order valence-electron chi connectivity index (χ4n) is 0.888. The van der Waals surface area contributed by atoms with Crippen molar-refractivity contribution < 1.29 is 14.2 Å². The molecule has 0 saturated carbocycles. The highest BCUT2D eigenvalue weighted by Crippen LogP contribution is 2.13. The first-order valence-corrected chi connectivity index (χ1v) is 3.92. The molecule has 2 nitrogen and oxygen atoms in total. The second-order valence-electron chi connectivity index (χ2n) is 2.50. The molecule has 0 bridgehead atoms. The van der Waals surface area contributed by atoms with E-state index in [2.05, 4.69) is 6.58 Å². The molecule has 1 aromatic rings. The van der Waals surface area contributed by atoms with Crippen LogP contribution in [0.1, 0.15) is 5.56 Å². The summed E-state index contributed by atoms with van der Waals surface area (Å²) >= 11 is 0. The third-order valence-corrected chi connectivity index (χ3v) is 1.53. The van der Waals surface area contributed by atoms with Crippen LogP contribution in [0.3, 0.4) is 0 Å². The molecule has 0 saturated heterocycles. The number of hydrogen-bond acceptors (Lipinski definition) is 2. The van der Waals surface area contributed by atoms with Gasteiger partial charge in [-0.1, -0.05) is 6.58 Å². The predicted molar refractivity (Wildman–Crippen MR) is 48.5 cm³/mol. The van der Waals surface area contributed by atoms with Gasteiger partial charge in [-0.15, -0.1) is 0 Å². The smallest absolute Gasteiger partial charge is 0.123 e. The van der Waals surface area contributed by atoms with E-state index in [0.29, 0.717) is 5.76 Å². The third kappa shape index (κ3) is 2.87. The Kier molecular flexibility index (Phi) is 3.46. The second kappa shape index (κ2) is 4.62. The Balaban J connectivity index is 2.61. The van der Waals surface area contributed by atoms with Crippen LogP contribution >= 0.6 is 0 Å². The number of aliphatic hydroxyl groups excluding tert-OH is 1. The number of ether oxygens (including phenoxy) is 1. The lowest BCUT2D eigenvalue weighted by Crippen LogP contribution is -1.97. The van der Waals surface area contributed by atoms with Crippen LogP contribution in [-0.4, -0.2) is 18.3 Å². The molecule has 0 spiro atoms. The average Bonchev–Trinajstić information content (AvgIpc) is 2.15. The van der Waals surface area contributed by atoms with Gasteiger partial charge in [0.2, 0.25) is 0 Å². The molecule has 0 aliphatic heterocycles. The first-order valence-electron chi connectivity index (χ1n) is 3.92. The molecule has 1 N–H and O–H groups in total. The van der Waals surface area contributed by atoms with Crippen molar-refractivity contribution in [3.63, 3.8) is 0 Å². The molecule has 0 unspecified atom stereocenters. The van der Waals surface area contributed by atoms with E-state index in [9.17, 15) is 4.39 Å². The van der Waals surface area contributed by atoms with Gasteiger partial charge in [0.25, 0.3) is 0 Å². The van der Waals surface area contributed by atoms with Gasteiger partial charge in [0, 0.05) is 5.56 Å². The van der Waals surface area contributed by atoms with Gasteiger partial charge in [0.05, 0.1) is 6.61 Å². The zero-order valence-electron chi connectivity index (χ0n) is 7.16. The van der Waals surface area contributed by atoms with Crippen LogP contribution in [0.2, 0.25) is 0 Å². The van der Waals surface area contributed by atoms with Gasteiger partial charge in [-0.05, 0) is 24.3 Å². The number of benzene rings is 1. The third-order valence-electron chi connectivity index (χ3n) is 1.53. The maximum atomic E-state index is 12.5. The maximum absolute atomic E-state index is 12.5. The van der Waals surface area contributed by atoms with Crippen molar-refractivity contribution in [1.82, 2.24) is 0 Å². The summed E-state index contributed by atoms with van der Waals surface area (Å²) in [6.07, 6.45) is 0. The van der Waals surface area contributed by atoms with E-state index in [0.717, 1.165) is 5.56 Å². The lowest BCUT2D eigenvalue weighted by Gasteiger charge is -2.06. The molecule has 13 heavy (non-hydrogen) atoms. The highest BCUT2D eigenvalue weighted by Gasteiger charge is 1.98. The van der Waals surface area contributed by atoms with Crippen molar-refractivity contribution in [2.24, 2.45) is 0 Å². The second-order valence-corrected chi connectivity index (χ2v) is 2.50.